The predicted octanol–water partition coefficient (Wildman–Crippen LogP) is 2.19. The molecule has 0 radical (unpaired) electrons. The minimum absolute atomic E-state index is 0.204. The van der Waals surface area contributed by atoms with Crippen molar-refractivity contribution in [1.29, 1.82) is 0 Å². The number of benzene rings is 1. The van der Waals surface area contributed by atoms with Crippen LogP contribution in [-0.2, 0) is 7.05 Å². The van der Waals surface area contributed by atoms with E-state index in [9.17, 15) is 4.39 Å². The smallest absolute Gasteiger partial charge is 0.161 e. The van der Waals surface area contributed by atoms with Crippen LogP contribution in [0.5, 0.6) is 5.75 Å². The quantitative estimate of drug-likeness (QED) is 0.919. The molecular weight excluding hydrogens is 245 g/mol. The van der Waals surface area contributed by atoms with Gasteiger partial charge in [-0.05, 0) is 19.5 Å². The maximum atomic E-state index is 14.3. The van der Waals surface area contributed by atoms with Crippen LogP contribution < -0.4 is 10.1 Å². The first kappa shape index (κ1) is 13.5. The second-order valence-corrected chi connectivity index (χ2v) is 4.42. The van der Waals surface area contributed by atoms with E-state index in [0.29, 0.717) is 16.9 Å². The fourth-order valence-electron chi connectivity index (χ4n) is 2.25. The number of hydrogen-bond donors (Lipinski definition) is 1. The summed E-state index contributed by atoms with van der Waals surface area (Å²) >= 11 is 0. The van der Waals surface area contributed by atoms with Gasteiger partial charge in [0.2, 0.25) is 0 Å². The van der Waals surface area contributed by atoms with Gasteiger partial charge in [-0.15, -0.1) is 0 Å². The third-order valence-electron chi connectivity index (χ3n) is 3.26. The first-order chi connectivity index (χ1) is 9.10. The van der Waals surface area contributed by atoms with Gasteiger partial charge in [0.05, 0.1) is 19.3 Å². The summed E-state index contributed by atoms with van der Waals surface area (Å²) in [6.07, 6.45) is 1.63. The van der Waals surface area contributed by atoms with Crippen LogP contribution in [0.1, 0.15) is 22.9 Å². The van der Waals surface area contributed by atoms with Crippen molar-refractivity contribution in [3.05, 3.63) is 47.0 Å². The van der Waals surface area contributed by atoms with E-state index < -0.39 is 0 Å². The molecule has 0 aliphatic heterocycles. The van der Waals surface area contributed by atoms with Gasteiger partial charge in [-0.25, -0.2) is 4.39 Å². The van der Waals surface area contributed by atoms with E-state index in [-0.39, 0.29) is 11.9 Å². The molecule has 1 heterocycles. The molecule has 0 spiro atoms. The van der Waals surface area contributed by atoms with Gasteiger partial charge >= 0.3 is 0 Å². The van der Waals surface area contributed by atoms with E-state index in [4.69, 9.17) is 4.74 Å². The summed E-state index contributed by atoms with van der Waals surface area (Å²) in [6.45, 7) is 1.76. The van der Waals surface area contributed by atoms with Crippen LogP contribution in [0.15, 0.2) is 24.4 Å². The first-order valence-electron chi connectivity index (χ1n) is 6.08. The molecule has 5 heteroatoms. The summed E-state index contributed by atoms with van der Waals surface area (Å²) in [5.74, 6) is 0.438. The molecule has 0 bridgehead atoms. The molecule has 0 aliphatic carbocycles. The Balaban J connectivity index is 2.56. The summed E-state index contributed by atoms with van der Waals surface area (Å²) in [5, 5.41) is 7.29. The third-order valence-corrected chi connectivity index (χ3v) is 3.26. The molecule has 1 unspecified atom stereocenters. The molecule has 1 aromatic heterocycles. The van der Waals surface area contributed by atoms with Crippen LogP contribution in [0.25, 0.3) is 0 Å². The second-order valence-electron chi connectivity index (χ2n) is 4.42. The van der Waals surface area contributed by atoms with Gasteiger partial charge in [0, 0.05) is 12.6 Å². The van der Waals surface area contributed by atoms with Crippen LogP contribution in [0.3, 0.4) is 0 Å². The fourth-order valence-corrected chi connectivity index (χ4v) is 2.25. The number of nitrogens with one attached hydrogen (secondary N) is 1. The maximum Gasteiger partial charge on any atom is 0.161 e. The van der Waals surface area contributed by atoms with Crippen molar-refractivity contribution >= 4 is 0 Å². The van der Waals surface area contributed by atoms with E-state index in [1.54, 1.807) is 44.1 Å². The summed E-state index contributed by atoms with van der Waals surface area (Å²) in [6, 6.07) is 5.07. The molecule has 0 aliphatic rings. The van der Waals surface area contributed by atoms with E-state index in [1.807, 2.05) is 13.1 Å². The fraction of sp³-hybridized carbons (Fsp3) is 0.357. The lowest BCUT2D eigenvalue weighted by molar-refractivity contribution is 0.401. The van der Waals surface area contributed by atoms with Crippen LogP contribution in [0, 0.1) is 12.7 Å². The molecule has 4 nitrogen and oxygen atoms in total. The van der Waals surface area contributed by atoms with Gasteiger partial charge in [-0.2, -0.15) is 5.10 Å². The molecule has 2 aromatic rings. The Morgan fingerprint density at radius 1 is 1.42 bits per heavy atom. The Labute approximate surface area is 112 Å². The van der Waals surface area contributed by atoms with E-state index >= 15 is 0 Å². The minimum atomic E-state index is -0.303. The van der Waals surface area contributed by atoms with Crippen molar-refractivity contribution < 1.29 is 9.13 Å². The van der Waals surface area contributed by atoms with Crippen molar-refractivity contribution in [3.63, 3.8) is 0 Å². The average Bonchev–Trinajstić information content (AvgIpc) is 2.77. The van der Waals surface area contributed by atoms with E-state index in [2.05, 4.69) is 10.4 Å². The highest BCUT2D eigenvalue weighted by atomic mass is 19.1. The lowest BCUT2D eigenvalue weighted by Gasteiger charge is -2.19. The Hall–Kier alpha value is -1.88. The number of ether oxygens (including phenoxy) is 1. The summed E-state index contributed by atoms with van der Waals surface area (Å²) < 4.78 is 21.3. The normalized spacial score (nSPS) is 12.5. The Kier molecular flexibility index (Phi) is 3.85. The van der Waals surface area contributed by atoms with Crippen LogP contribution in [0.2, 0.25) is 0 Å². The standard InChI is InChI=1S/C14H18FN3O/c1-9-6-5-7-10(12(9)15)13(16-2)14-11(19-4)8-17-18(14)3/h5-8,13,16H,1-4H3. The molecule has 1 aromatic carbocycles. The van der Waals surface area contributed by atoms with Crippen molar-refractivity contribution in [3.8, 4) is 5.75 Å². The van der Waals surface area contributed by atoms with Crippen molar-refractivity contribution in [2.24, 2.45) is 7.05 Å². The molecule has 19 heavy (non-hydrogen) atoms. The van der Waals surface area contributed by atoms with E-state index in [0.717, 1.165) is 5.69 Å². The number of halogens is 1. The summed E-state index contributed by atoms with van der Waals surface area (Å²) in [7, 11) is 5.19. The Morgan fingerprint density at radius 3 is 2.79 bits per heavy atom. The number of nitrogens with zero attached hydrogens (tertiary/aromatic N) is 2. The van der Waals surface area contributed by atoms with Gasteiger partial charge in [0.25, 0.3) is 0 Å². The number of aromatic nitrogens is 2. The van der Waals surface area contributed by atoms with Crippen LogP contribution >= 0.6 is 0 Å². The van der Waals surface area contributed by atoms with Gasteiger partial charge in [-0.3, -0.25) is 4.68 Å². The van der Waals surface area contributed by atoms with Crippen LogP contribution in [0.4, 0.5) is 4.39 Å². The zero-order valence-corrected chi connectivity index (χ0v) is 11.6. The largest absolute Gasteiger partial charge is 0.493 e. The summed E-state index contributed by atoms with van der Waals surface area (Å²) in [5.41, 5.74) is 2.01. The highest BCUT2D eigenvalue weighted by Gasteiger charge is 2.24. The average molecular weight is 263 g/mol. The SMILES string of the molecule is CNC(c1cccc(C)c1F)c1c(OC)cnn1C. The predicted molar refractivity (Wildman–Crippen MR) is 71.8 cm³/mol. The van der Waals surface area contributed by atoms with Gasteiger partial charge in [0.1, 0.15) is 11.5 Å². The van der Waals surface area contributed by atoms with Gasteiger partial charge in [-0.1, -0.05) is 18.2 Å². The topological polar surface area (TPSA) is 39.1 Å². The Bertz CT molecular complexity index is 580. The molecule has 102 valence electrons. The lowest BCUT2D eigenvalue weighted by atomic mass is 10.0. The second kappa shape index (κ2) is 5.40. The number of rotatable bonds is 4. The number of methoxy groups -OCH3 is 1. The summed E-state index contributed by atoms with van der Waals surface area (Å²) in [4.78, 5) is 0. The maximum absolute atomic E-state index is 14.3. The molecule has 0 amide bonds. The highest BCUT2D eigenvalue weighted by Crippen LogP contribution is 2.31. The Morgan fingerprint density at radius 2 is 2.16 bits per heavy atom. The lowest BCUT2D eigenvalue weighted by Crippen LogP contribution is -2.22. The molecule has 1 atom stereocenters. The monoisotopic (exact) mass is 263 g/mol. The molecular formula is C14H18FN3O. The minimum Gasteiger partial charge on any atom is -0.493 e. The number of hydrogen-bond acceptors (Lipinski definition) is 3. The third kappa shape index (κ3) is 2.33. The van der Waals surface area contributed by atoms with Crippen LogP contribution in [-0.4, -0.2) is 23.9 Å². The van der Waals surface area contributed by atoms with Crippen molar-refractivity contribution in [1.82, 2.24) is 15.1 Å². The molecule has 2 rings (SSSR count). The zero-order chi connectivity index (χ0) is 14.0. The molecule has 0 saturated carbocycles. The first-order valence-corrected chi connectivity index (χ1v) is 6.08. The molecule has 0 saturated heterocycles. The van der Waals surface area contributed by atoms with Gasteiger partial charge < -0.3 is 10.1 Å². The van der Waals surface area contributed by atoms with E-state index in [1.165, 1.54) is 0 Å². The highest BCUT2D eigenvalue weighted by molar-refractivity contribution is 5.38. The zero-order valence-electron chi connectivity index (χ0n) is 11.6. The van der Waals surface area contributed by atoms with Crippen molar-refractivity contribution in [2.45, 2.75) is 13.0 Å². The molecule has 1 N–H and O–H groups in total. The molecule has 0 fully saturated rings. The van der Waals surface area contributed by atoms with Gasteiger partial charge in [0.15, 0.2) is 5.75 Å². The van der Waals surface area contributed by atoms with Crippen molar-refractivity contribution in [2.75, 3.05) is 14.2 Å². The number of aryl methyl sites for hydroxylation is 2.